The summed E-state index contributed by atoms with van der Waals surface area (Å²) in [6.07, 6.45) is 5.88. The van der Waals surface area contributed by atoms with Gasteiger partial charge < -0.3 is 11.1 Å². The van der Waals surface area contributed by atoms with Crippen molar-refractivity contribution in [2.75, 3.05) is 19.3 Å². The largest absolute Gasteiger partial charge is 0.330 e. The van der Waals surface area contributed by atoms with Crippen molar-refractivity contribution in [3.63, 3.8) is 0 Å². The van der Waals surface area contributed by atoms with Gasteiger partial charge in [-0.1, -0.05) is 25.0 Å². The van der Waals surface area contributed by atoms with Crippen LogP contribution in [0.25, 0.3) is 0 Å². The zero-order valence-corrected chi connectivity index (χ0v) is 12.4. The van der Waals surface area contributed by atoms with Crippen LogP contribution in [0.2, 0.25) is 0 Å². The molecule has 0 atom stereocenters. The Morgan fingerprint density at radius 3 is 2.26 bits per heavy atom. The Bertz CT molecular complexity index is 455. The van der Waals surface area contributed by atoms with Crippen LogP contribution < -0.4 is 11.1 Å². The molecular weight excluding hydrogens is 260 g/mol. The summed E-state index contributed by atoms with van der Waals surface area (Å²) in [6, 6.07) is 7.04. The minimum atomic E-state index is -3.09. The molecule has 1 aromatic carbocycles. The molecule has 0 saturated heterocycles. The van der Waals surface area contributed by atoms with Gasteiger partial charge in [0.05, 0.1) is 4.90 Å². The number of unbranched alkanes of at least 4 members (excludes halogenated alkanes) is 3. The minimum Gasteiger partial charge on any atom is -0.330 e. The monoisotopic (exact) mass is 284 g/mol. The minimum absolute atomic E-state index is 0.373. The number of sulfone groups is 1. The molecule has 0 aliphatic carbocycles. The molecule has 0 amide bonds. The normalized spacial score (nSPS) is 11.7. The SMILES string of the molecule is CS(=O)(=O)c1ccc(CNCCCCCCN)cc1. The zero-order valence-electron chi connectivity index (χ0n) is 11.6. The van der Waals surface area contributed by atoms with E-state index in [1.807, 2.05) is 12.1 Å². The van der Waals surface area contributed by atoms with E-state index in [1.165, 1.54) is 19.1 Å². The maximum absolute atomic E-state index is 11.3. The van der Waals surface area contributed by atoms with Crippen molar-refractivity contribution in [3.8, 4) is 0 Å². The highest BCUT2D eigenvalue weighted by atomic mass is 32.2. The first-order chi connectivity index (χ1) is 9.04. The number of hydrogen-bond acceptors (Lipinski definition) is 4. The second-order valence-electron chi connectivity index (χ2n) is 4.80. The summed E-state index contributed by atoms with van der Waals surface area (Å²) in [5.74, 6) is 0. The Morgan fingerprint density at radius 1 is 1.05 bits per heavy atom. The van der Waals surface area contributed by atoms with Crippen LogP contribution in [-0.4, -0.2) is 27.8 Å². The molecule has 4 nitrogen and oxygen atoms in total. The predicted octanol–water partition coefficient (Wildman–Crippen LogP) is 1.70. The lowest BCUT2D eigenvalue weighted by molar-refractivity contribution is 0.590. The van der Waals surface area contributed by atoms with E-state index in [-0.39, 0.29) is 0 Å². The van der Waals surface area contributed by atoms with Crippen molar-refractivity contribution >= 4 is 9.84 Å². The first-order valence-electron chi connectivity index (χ1n) is 6.74. The Balaban J connectivity index is 2.23. The highest BCUT2D eigenvalue weighted by Gasteiger charge is 2.05. The first-order valence-corrected chi connectivity index (χ1v) is 8.63. The molecule has 108 valence electrons. The molecule has 1 aromatic rings. The molecule has 0 heterocycles. The number of hydrogen-bond donors (Lipinski definition) is 2. The molecule has 0 bridgehead atoms. The molecule has 0 spiro atoms. The van der Waals surface area contributed by atoms with Crippen molar-refractivity contribution in [2.24, 2.45) is 5.73 Å². The van der Waals surface area contributed by atoms with Gasteiger partial charge in [0.25, 0.3) is 0 Å². The van der Waals surface area contributed by atoms with Gasteiger partial charge in [0, 0.05) is 12.8 Å². The standard InChI is InChI=1S/C14H24N2O2S/c1-19(17,18)14-8-6-13(7-9-14)12-16-11-5-3-2-4-10-15/h6-9,16H,2-5,10-12,15H2,1H3. The van der Waals surface area contributed by atoms with E-state index < -0.39 is 9.84 Å². The van der Waals surface area contributed by atoms with Crippen molar-refractivity contribution in [3.05, 3.63) is 29.8 Å². The molecular formula is C14H24N2O2S. The predicted molar refractivity (Wildman–Crippen MR) is 78.8 cm³/mol. The van der Waals surface area contributed by atoms with Crippen molar-refractivity contribution in [1.29, 1.82) is 0 Å². The van der Waals surface area contributed by atoms with E-state index in [1.54, 1.807) is 12.1 Å². The van der Waals surface area contributed by atoms with Gasteiger partial charge in [-0.05, 0) is 43.6 Å². The smallest absolute Gasteiger partial charge is 0.175 e. The quantitative estimate of drug-likeness (QED) is 0.677. The Kier molecular flexibility index (Phi) is 7.05. The molecule has 0 saturated carbocycles. The molecule has 0 aromatic heterocycles. The topological polar surface area (TPSA) is 72.2 Å². The van der Waals surface area contributed by atoms with E-state index in [0.717, 1.165) is 38.0 Å². The summed E-state index contributed by atoms with van der Waals surface area (Å²) in [4.78, 5) is 0.373. The van der Waals surface area contributed by atoms with Gasteiger partial charge in [0.15, 0.2) is 9.84 Å². The lowest BCUT2D eigenvalue weighted by Crippen LogP contribution is -2.14. The lowest BCUT2D eigenvalue weighted by atomic mass is 10.2. The Hall–Kier alpha value is -0.910. The van der Waals surface area contributed by atoms with Crippen LogP contribution in [-0.2, 0) is 16.4 Å². The van der Waals surface area contributed by atoms with Gasteiger partial charge in [-0.2, -0.15) is 0 Å². The van der Waals surface area contributed by atoms with Gasteiger partial charge in [-0.25, -0.2) is 8.42 Å². The highest BCUT2D eigenvalue weighted by Crippen LogP contribution is 2.10. The van der Waals surface area contributed by atoms with Crippen molar-refractivity contribution in [1.82, 2.24) is 5.32 Å². The number of nitrogens with one attached hydrogen (secondary N) is 1. The third-order valence-corrected chi connectivity index (χ3v) is 4.12. The van der Waals surface area contributed by atoms with Gasteiger partial charge in [0.2, 0.25) is 0 Å². The van der Waals surface area contributed by atoms with Gasteiger partial charge in [-0.3, -0.25) is 0 Å². The molecule has 0 aliphatic rings. The van der Waals surface area contributed by atoms with Gasteiger partial charge in [0.1, 0.15) is 0 Å². The fourth-order valence-corrected chi connectivity index (χ4v) is 2.47. The Morgan fingerprint density at radius 2 is 1.68 bits per heavy atom. The van der Waals surface area contributed by atoms with Crippen LogP contribution in [0, 0.1) is 0 Å². The number of benzene rings is 1. The lowest BCUT2D eigenvalue weighted by Gasteiger charge is -2.06. The van der Waals surface area contributed by atoms with E-state index in [9.17, 15) is 8.42 Å². The number of rotatable bonds is 9. The van der Waals surface area contributed by atoms with E-state index >= 15 is 0 Å². The molecule has 1 rings (SSSR count). The van der Waals surface area contributed by atoms with E-state index in [4.69, 9.17) is 5.73 Å². The molecule has 19 heavy (non-hydrogen) atoms. The van der Waals surface area contributed by atoms with Crippen LogP contribution in [0.5, 0.6) is 0 Å². The summed E-state index contributed by atoms with van der Waals surface area (Å²) in [7, 11) is -3.09. The molecule has 0 unspecified atom stereocenters. The van der Waals surface area contributed by atoms with Crippen LogP contribution in [0.15, 0.2) is 29.2 Å². The van der Waals surface area contributed by atoms with E-state index in [0.29, 0.717) is 4.90 Å². The fourth-order valence-electron chi connectivity index (χ4n) is 1.84. The maximum atomic E-state index is 11.3. The summed E-state index contributed by atoms with van der Waals surface area (Å²) in [6.45, 7) is 2.54. The van der Waals surface area contributed by atoms with Crippen LogP contribution in [0.4, 0.5) is 0 Å². The molecule has 0 radical (unpaired) electrons. The Labute approximate surface area is 116 Å². The average Bonchev–Trinajstić information content (AvgIpc) is 2.37. The van der Waals surface area contributed by atoms with Crippen molar-refractivity contribution in [2.45, 2.75) is 37.1 Å². The summed E-state index contributed by atoms with van der Waals surface area (Å²) in [5.41, 5.74) is 6.54. The van der Waals surface area contributed by atoms with E-state index in [2.05, 4.69) is 5.32 Å². The second-order valence-corrected chi connectivity index (χ2v) is 6.81. The summed E-state index contributed by atoms with van der Waals surface area (Å²) in [5, 5.41) is 3.36. The molecule has 3 N–H and O–H groups in total. The highest BCUT2D eigenvalue weighted by molar-refractivity contribution is 7.90. The molecule has 0 aliphatic heterocycles. The second kappa shape index (κ2) is 8.30. The first kappa shape index (κ1) is 16.1. The molecule has 0 fully saturated rings. The summed E-state index contributed by atoms with van der Waals surface area (Å²) < 4.78 is 22.6. The van der Waals surface area contributed by atoms with Gasteiger partial charge in [-0.15, -0.1) is 0 Å². The summed E-state index contributed by atoms with van der Waals surface area (Å²) >= 11 is 0. The fraction of sp³-hybridized carbons (Fsp3) is 0.571. The number of nitrogens with two attached hydrogens (primary N) is 1. The molecule has 5 heteroatoms. The van der Waals surface area contributed by atoms with Crippen LogP contribution >= 0.6 is 0 Å². The third kappa shape index (κ3) is 6.71. The maximum Gasteiger partial charge on any atom is 0.175 e. The third-order valence-electron chi connectivity index (χ3n) is 2.99. The van der Waals surface area contributed by atoms with Crippen LogP contribution in [0.1, 0.15) is 31.2 Å². The van der Waals surface area contributed by atoms with Crippen molar-refractivity contribution < 1.29 is 8.42 Å². The van der Waals surface area contributed by atoms with Gasteiger partial charge >= 0.3 is 0 Å². The average molecular weight is 284 g/mol. The zero-order chi connectivity index (χ0) is 14.1. The van der Waals surface area contributed by atoms with Crippen LogP contribution in [0.3, 0.4) is 0 Å².